The van der Waals surface area contributed by atoms with Gasteiger partial charge in [0, 0.05) is 11.8 Å². The predicted molar refractivity (Wildman–Crippen MR) is 116 cm³/mol. The van der Waals surface area contributed by atoms with Gasteiger partial charge >= 0.3 is 0 Å². The van der Waals surface area contributed by atoms with E-state index in [1.165, 1.54) is 6.07 Å². The zero-order chi connectivity index (χ0) is 22.0. The molecular formula is C24H20N2O5. The molecule has 0 spiro atoms. The Morgan fingerprint density at radius 2 is 1.71 bits per heavy atom. The second-order valence-corrected chi connectivity index (χ2v) is 6.91. The number of aryl methyl sites for hydroxylation is 1. The van der Waals surface area contributed by atoms with E-state index in [2.05, 4.69) is 10.5 Å². The summed E-state index contributed by atoms with van der Waals surface area (Å²) in [6, 6.07) is 18.7. The fourth-order valence-corrected chi connectivity index (χ4v) is 3.31. The van der Waals surface area contributed by atoms with Gasteiger partial charge in [0.1, 0.15) is 17.2 Å². The third-order valence-electron chi connectivity index (χ3n) is 4.88. The fraction of sp³-hybridized carbons (Fsp3) is 0.0833. The summed E-state index contributed by atoms with van der Waals surface area (Å²) in [5.74, 6) is -0.121. The van der Waals surface area contributed by atoms with Crippen molar-refractivity contribution in [2.24, 2.45) is 0 Å². The van der Waals surface area contributed by atoms with E-state index in [9.17, 15) is 15.0 Å². The maximum Gasteiger partial charge on any atom is 0.259 e. The van der Waals surface area contributed by atoms with Crippen LogP contribution >= 0.6 is 0 Å². The van der Waals surface area contributed by atoms with Crippen LogP contribution in [0.4, 0.5) is 5.69 Å². The van der Waals surface area contributed by atoms with Crippen LogP contribution in [0.15, 0.2) is 71.3 Å². The minimum atomic E-state index is -0.521. The highest BCUT2D eigenvalue weighted by Crippen LogP contribution is 2.41. The second kappa shape index (κ2) is 8.23. The van der Waals surface area contributed by atoms with Gasteiger partial charge in [0.05, 0.1) is 29.5 Å². The summed E-state index contributed by atoms with van der Waals surface area (Å²) < 4.78 is 10.7. The van der Waals surface area contributed by atoms with E-state index in [1.807, 2.05) is 18.2 Å². The number of nitrogens with zero attached hydrogens (tertiary/aromatic N) is 1. The average molecular weight is 416 g/mol. The molecule has 0 aliphatic carbocycles. The first-order chi connectivity index (χ1) is 15.0. The van der Waals surface area contributed by atoms with E-state index < -0.39 is 5.91 Å². The molecular weight excluding hydrogens is 396 g/mol. The van der Waals surface area contributed by atoms with Crippen LogP contribution in [0, 0.1) is 6.92 Å². The molecule has 1 aromatic heterocycles. The molecule has 0 atom stereocenters. The number of hydrogen-bond acceptors (Lipinski definition) is 6. The molecule has 4 aromatic rings. The second-order valence-electron chi connectivity index (χ2n) is 6.91. The molecule has 156 valence electrons. The van der Waals surface area contributed by atoms with Crippen molar-refractivity contribution in [3.05, 3.63) is 78.0 Å². The minimum absolute atomic E-state index is 0.00797. The summed E-state index contributed by atoms with van der Waals surface area (Å²) in [6.07, 6.45) is 0. The number of hydrogen-bond donors (Lipinski definition) is 3. The number of anilines is 1. The summed E-state index contributed by atoms with van der Waals surface area (Å²) in [6.45, 7) is 1.78. The standard InChI is InChI=1S/C24H20N2O5/c1-14-22(15-8-10-17(30-2)11-9-15)23(31-26-14)18-12-19(21(28)13-20(18)27)24(29)25-16-6-4-3-5-7-16/h3-13,27-28H,1-2H3,(H,25,29). The monoisotopic (exact) mass is 416 g/mol. The van der Waals surface area contributed by atoms with Gasteiger partial charge in [0.2, 0.25) is 0 Å². The van der Waals surface area contributed by atoms with Crippen LogP contribution in [0.3, 0.4) is 0 Å². The van der Waals surface area contributed by atoms with Gasteiger partial charge < -0.3 is 24.8 Å². The molecule has 0 fully saturated rings. The normalized spacial score (nSPS) is 10.6. The van der Waals surface area contributed by atoms with Gasteiger partial charge in [-0.25, -0.2) is 0 Å². The summed E-state index contributed by atoms with van der Waals surface area (Å²) in [4.78, 5) is 12.7. The number of carbonyl (C=O) groups is 1. The summed E-state index contributed by atoms with van der Waals surface area (Å²) in [5.41, 5.74) is 2.89. The first kappa shape index (κ1) is 20.0. The van der Waals surface area contributed by atoms with Gasteiger partial charge in [0.25, 0.3) is 5.91 Å². The number of para-hydroxylation sites is 1. The molecule has 4 rings (SSSR count). The van der Waals surface area contributed by atoms with Crippen LogP contribution in [-0.2, 0) is 0 Å². The molecule has 0 aliphatic rings. The maximum atomic E-state index is 12.7. The Morgan fingerprint density at radius 1 is 1.00 bits per heavy atom. The van der Waals surface area contributed by atoms with Crippen molar-refractivity contribution in [1.82, 2.24) is 5.16 Å². The summed E-state index contributed by atoms with van der Waals surface area (Å²) >= 11 is 0. The van der Waals surface area contributed by atoms with Gasteiger partial charge in [0.15, 0.2) is 5.76 Å². The Morgan fingerprint density at radius 3 is 2.39 bits per heavy atom. The van der Waals surface area contributed by atoms with Gasteiger partial charge in [-0.15, -0.1) is 0 Å². The molecule has 0 bridgehead atoms. The number of carbonyl (C=O) groups excluding carboxylic acids is 1. The number of rotatable bonds is 5. The number of phenols is 2. The molecule has 7 heteroatoms. The number of nitrogens with one attached hydrogen (secondary N) is 1. The van der Waals surface area contributed by atoms with E-state index in [0.29, 0.717) is 22.7 Å². The molecule has 0 aliphatic heterocycles. The number of aromatic hydroxyl groups is 2. The number of ether oxygens (including phenoxy) is 1. The van der Waals surface area contributed by atoms with E-state index >= 15 is 0 Å². The Balaban J connectivity index is 1.77. The highest BCUT2D eigenvalue weighted by molar-refractivity contribution is 6.07. The summed E-state index contributed by atoms with van der Waals surface area (Å²) in [5, 5.41) is 27.5. The van der Waals surface area contributed by atoms with Crippen LogP contribution in [0.2, 0.25) is 0 Å². The van der Waals surface area contributed by atoms with Gasteiger partial charge in [-0.2, -0.15) is 0 Å². The average Bonchev–Trinajstić information content (AvgIpc) is 3.15. The van der Waals surface area contributed by atoms with Crippen molar-refractivity contribution in [3.8, 4) is 39.7 Å². The van der Waals surface area contributed by atoms with Crippen molar-refractivity contribution in [3.63, 3.8) is 0 Å². The zero-order valence-electron chi connectivity index (χ0n) is 16.9. The topological polar surface area (TPSA) is 105 Å². The third kappa shape index (κ3) is 3.93. The molecule has 1 amide bonds. The number of benzene rings is 3. The highest BCUT2D eigenvalue weighted by atomic mass is 16.5. The van der Waals surface area contributed by atoms with Crippen LogP contribution in [-0.4, -0.2) is 28.4 Å². The van der Waals surface area contributed by atoms with Crippen LogP contribution < -0.4 is 10.1 Å². The highest BCUT2D eigenvalue weighted by Gasteiger charge is 2.23. The van der Waals surface area contributed by atoms with Crippen LogP contribution in [0.1, 0.15) is 16.1 Å². The van der Waals surface area contributed by atoms with E-state index in [0.717, 1.165) is 11.6 Å². The van der Waals surface area contributed by atoms with Crippen molar-refractivity contribution in [2.75, 3.05) is 12.4 Å². The lowest BCUT2D eigenvalue weighted by atomic mass is 9.97. The first-order valence-electron chi connectivity index (χ1n) is 9.51. The number of methoxy groups -OCH3 is 1. The Labute approximate surface area is 178 Å². The Hall–Kier alpha value is -4.26. The minimum Gasteiger partial charge on any atom is -0.507 e. The molecule has 0 saturated carbocycles. The first-order valence-corrected chi connectivity index (χ1v) is 9.51. The van der Waals surface area contributed by atoms with Gasteiger partial charge in [-0.1, -0.05) is 35.5 Å². The molecule has 0 radical (unpaired) electrons. The molecule has 31 heavy (non-hydrogen) atoms. The molecule has 3 N–H and O–H groups in total. The summed E-state index contributed by atoms with van der Waals surface area (Å²) in [7, 11) is 1.58. The van der Waals surface area contributed by atoms with Crippen LogP contribution in [0.25, 0.3) is 22.5 Å². The number of phenolic OH excluding ortho intramolecular Hbond substituents is 2. The zero-order valence-corrected chi connectivity index (χ0v) is 16.9. The van der Waals surface area contributed by atoms with E-state index in [-0.39, 0.29) is 28.4 Å². The lowest BCUT2D eigenvalue weighted by Gasteiger charge is -2.11. The third-order valence-corrected chi connectivity index (χ3v) is 4.88. The van der Waals surface area contributed by atoms with Crippen molar-refractivity contribution in [1.29, 1.82) is 0 Å². The molecule has 0 unspecified atom stereocenters. The quantitative estimate of drug-likeness (QED) is 0.423. The fourth-order valence-electron chi connectivity index (χ4n) is 3.31. The molecule has 0 saturated heterocycles. The lowest BCUT2D eigenvalue weighted by Crippen LogP contribution is -2.12. The molecule has 1 heterocycles. The predicted octanol–water partition coefficient (Wildman–Crippen LogP) is 4.99. The van der Waals surface area contributed by atoms with Crippen molar-refractivity contribution in [2.45, 2.75) is 6.92 Å². The maximum absolute atomic E-state index is 12.7. The van der Waals surface area contributed by atoms with Crippen molar-refractivity contribution >= 4 is 11.6 Å². The molecule has 7 nitrogen and oxygen atoms in total. The van der Waals surface area contributed by atoms with E-state index in [1.54, 1.807) is 50.4 Å². The van der Waals surface area contributed by atoms with Crippen molar-refractivity contribution < 1.29 is 24.3 Å². The number of aromatic nitrogens is 1. The lowest BCUT2D eigenvalue weighted by molar-refractivity contribution is 0.102. The van der Waals surface area contributed by atoms with E-state index in [4.69, 9.17) is 9.26 Å². The van der Waals surface area contributed by atoms with Gasteiger partial charge in [-0.3, -0.25) is 4.79 Å². The smallest absolute Gasteiger partial charge is 0.259 e. The van der Waals surface area contributed by atoms with Gasteiger partial charge in [-0.05, 0) is 42.8 Å². The molecule has 3 aromatic carbocycles. The Bertz CT molecular complexity index is 1230. The Kier molecular flexibility index (Phi) is 5.32. The number of amides is 1. The van der Waals surface area contributed by atoms with Crippen LogP contribution in [0.5, 0.6) is 17.2 Å². The largest absolute Gasteiger partial charge is 0.507 e. The SMILES string of the molecule is COc1ccc(-c2c(C)noc2-c2cc(C(=O)Nc3ccccc3)c(O)cc2O)cc1.